The van der Waals surface area contributed by atoms with E-state index in [4.69, 9.17) is 14.6 Å². The third-order valence-electron chi connectivity index (χ3n) is 4.68. The van der Waals surface area contributed by atoms with Crippen LogP contribution in [0, 0.1) is 0 Å². The van der Waals surface area contributed by atoms with E-state index in [1.807, 2.05) is 6.92 Å². The van der Waals surface area contributed by atoms with Gasteiger partial charge in [0.2, 0.25) is 0 Å². The number of nitrogens with one attached hydrogen (secondary N) is 2. The van der Waals surface area contributed by atoms with E-state index in [9.17, 15) is 14.4 Å². The fourth-order valence-electron chi connectivity index (χ4n) is 2.93. The van der Waals surface area contributed by atoms with E-state index in [2.05, 4.69) is 15.6 Å². The Morgan fingerprint density at radius 1 is 0.941 bits per heavy atom. The Balaban J connectivity index is 1.59. The Morgan fingerprint density at radius 3 is 2.35 bits per heavy atom. The number of anilines is 2. The molecule has 0 aliphatic heterocycles. The van der Waals surface area contributed by atoms with E-state index < -0.39 is 18.7 Å². The molecule has 0 radical (unpaired) electrons. The van der Waals surface area contributed by atoms with Crippen LogP contribution in [0.5, 0.6) is 5.75 Å². The first-order chi connectivity index (χ1) is 16.4. The summed E-state index contributed by atoms with van der Waals surface area (Å²) in [4.78, 5) is 39.1. The summed E-state index contributed by atoms with van der Waals surface area (Å²) in [6, 6.07) is 16.9. The first kappa shape index (κ1) is 24.2. The lowest BCUT2D eigenvalue weighted by atomic mass is 10.0. The lowest BCUT2D eigenvalue weighted by Gasteiger charge is -2.09. The number of carboxylic acid groups (broad SMARTS) is 1. The van der Waals surface area contributed by atoms with Crippen LogP contribution in [-0.2, 0) is 9.53 Å². The van der Waals surface area contributed by atoms with Crippen molar-refractivity contribution in [2.75, 3.05) is 23.8 Å². The van der Waals surface area contributed by atoms with Crippen molar-refractivity contribution in [1.82, 2.24) is 4.98 Å². The van der Waals surface area contributed by atoms with E-state index in [0.717, 1.165) is 24.0 Å². The lowest BCUT2D eigenvalue weighted by molar-refractivity contribution is -0.139. The number of ether oxygens (including phenoxy) is 2. The predicted octanol–water partition coefficient (Wildman–Crippen LogP) is 4.81. The van der Waals surface area contributed by atoms with Gasteiger partial charge in [0.25, 0.3) is 5.91 Å². The van der Waals surface area contributed by atoms with Crippen molar-refractivity contribution >= 4 is 29.5 Å². The van der Waals surface area contributed by atoms with Crippen LogP contribution in [0.2, 0.25) is 0 Å². The van der Waals surface area contributed by atoms with Crippen LogP contribution in [-0.4, -0.2) is 41.3 Å². The fraction of sp³-hybridized carbons (Fsp3) is 0.200. The van der Waals surface area contributed by atoms with Crippen LogP contribution in [0.1, 0.15) is 30.1 Å². The number of hydrogen-bond acceptors (Lipinski definition) is 6. The Bertz CT molecular complexity index is 1130. The van der Waals surface area contributed by atoms with Gasteiger partial charge in [-0.2, -0.15) is 0 Å². The molecule has 2 amide bonds. The minimum atomic E-state index is -1.06. The van der Waals surface area contributed by atoms with Gasteiger partial charge in [-0.1, -0.05) is 25.5 Å². The third-order valence-corrected chi connectivity index (χ3v) is 4.68. The number of aromatic nitrogens is 1. The molecule has 2 aromatic carbocycles. The number of pyridine rings is 1. The number of aliphatic carboxylic acids is 1. The molecule has 0 unspecified atom stereocenters. The maximum absolute atomic E-state index is 12.6. The molecule has 0 bridgehead atoms. The number of carbonyl (C=O) groups excluding carboxylic acids is 2. The third kappa shape index (κ3) is 7.33. The zero-order chi connectivity index (χ0) is 24.3. The average Bonchev–Trinajstić information content (AvgIpc) is 2.84. The van der Waals surface area contributed by atoms with E-state index in [-0.39, 0.29) is 5.91 Å². The summed E-state index contributed by atoms with van der Waals surface area (Å²) in [5.74, 6) is -0.593. The number of hydrogen-bond donors (Lipinski definition) is 3. The van der Waals surface area contributed by atoms with E-state index in [0.29, 0.717) is 29.4 Å². The molecule has 9 nitrogen and oxygen atoms in total. The summed E-state index contributed by atoms with van der Waals surface area (Å²) in [5, 5.41) is 14.0. The molecule has 0 fully saturated rings. The summed E-state index contributed by atoms with van der Waals surface area (Å²) in [5.41, 5.74) is 2.68. The van der Waals surface area contributed by atoms with E-state index in [1.165, 1.54) is 0 Å². The first-order valence-corrected chi connectivity index (χ1v) is 10.7. The van der Waals surface area contributed by atoms with Gasteiger partial charge in [-0.05, 0) is 66.1 Å². The van der Waals surface area contributed by atoms with Crippen LogP contribution in [0.15, 0.2) is 66.9 Å². The number of amides is 2. The van der Waals surface area contributed by atoms with Gasteiger partial charge >= 0.3 is 12.1 Å². The van der Waals surface area contributed by atoms with Gasteiger partial charge in [-0.3, -0.25) is 10.1 Å². The molecule has 0 aliphatic carbocycles. The molecule has 0 aliphatic rings. The summed E-state index contributed by atoms with van der Waals surface area (Å²) < 4.78 is 10.2. The highest BCUT2D eigenvalue weighted by atomic mass is 16.5. The van der Waals surface area contributed by atoms with Gasteiger partial charge in [-0.25, -0.2) is 14.6 Å². The molecule has 0 spiro atoms. The van der Waals surface area contributed by atoms with Crippen LogP contribution in [0.3, 0.4) is 0 Å². The molecule has 1 heterocycles. The topological polar surface area (TPSA) is 127 Å². The first-order valence-electron chi connectivity index (χ1n) is 10.7. The molecule has 176 valence electrons. The Kier molecular flexibility index (Phi) is 8.56. The molecule has 0 saturated heterocycles. The van der Waals surface area contributed by atoms with Crippen molar-refractivity contribution in [3.63, 3.8) is 0 Å². The predicted molar refractivity (Wildman–Crippen MR) is 127 cm³/mol. The molecule has 3 rings (SSSR count). The van der Waals surface area contributed by atoms with Crippen molar-refractivity contribution in [2.24, 2.45) is 0 Å². The zero-order valence-electron chi connectivity index (χ0n) is 18.6. The summed E-state index contributed by atoms with van der Waals surface area (Å²) in [6.07, 6.45) is 2.77. The summed E-state index contributed by atoms with van der Waals surface area (Å²) >= 11 is 0. The molecule has 3 N–H and O–H groups in total. The second-order valence-corrected chi connectivity index (χ2v) is 7.28. The lowest BCUT2D eigenvalue weighted by Crippen LogP contribution is -2.15. The number of benzene rings is 2. The molecule has 0 atom stereocenters. The maximum atomic E-state index is 12.6. The molecule has 0 saturated carbocycles. The Morgan fingerprint density at radius 2 is 1.68 bits per heavy atom. The van der Waals surface area contributed by atoms with Gasteiger partial charge in [-0.15, -0.1) is 0 Å². The molecule has 3 aromatic rings. The monoisotopic (exact) mass is 463 g/mol. The normalized spacial score (nSPS) is 10.3. The highest BCUT2D eigenvalue weighted by Crippen LogP contribution is 2.23. The van der Waals surface area contributed by atoms with Crippen LogP contribution < -0.4 is 15.4 Å². The quantitative estimate of drug-likeness (QED) is 0.368. The van der Waals surface area contributed by atoms with E-state index in [1.54, 1.807) is 66.9 Å². The van der Waals surface area contributed by atoms with Gasteiger partial charge in [0, 0.05) is 17.4 Å². The van der Waals surface area contributed by atoms with Crippen LogP contribution >= 0.6 is 0 Å². The fourth-order valence-corrected chi connectivity index (χ4v) is 2.93. The minimum Gasteiger partial charge on any atom is -0.482 e. The van der Waals surface area contributed by atoms with Gasteiger partial charge in [0.1, 0.15) is 11.6 Å². The SMILES string of the molecule is CCCCOC(=O)Nc1cc(-c2ccc(C(=O)Nc3ccc(OCC(=O)O)cc3)cc2)ccn1. The standard InChI is InChI=1S/C25H25N3O6/c1-2-3-14-33-25(32)28-22-15-19(12-13-26-22)17-4-6-18(7-5-17)24(31)27-20-8-10-21(11-9-20)34-16-23(29)30/h4-13,15H,2-3,14,16H2,1H3,(H,27,31)(H,29,30)(H,26,28,32). The number of carbonyl (C=O) groups is 3. The molecule has 1 aromatic heterocycles. The largest absolute Gasteiger partial charge is 0.482 e. The molecule has 9 heteroatoms. The van der Waals surface area contributed by atoms with Crippen molar-refractivity contribution in [2.45, 2.75) is 19.8 Å². The smallest absolute Gasteiger partial charge is 0.412 e. The van der Waals surface area contributed by atoms with Gasteiger partial charge in [0.15, 0.2) is 6.61 Å². The maximum Gasteiger partial charge on any atom is 0.412 e. The van der Waals surface area contributed by atoms with Crippen molar-refractivity contribution in [1.29, 1.82) is 0 Å². The zero-order valence-corrected chi connectivity index (χ0v) is 18.6. The Labute approximate surface area is 196 Å². The molecular formula is C25H25N3O6. The summed E-state index contributed by atoms with van der Waals surface area (Å²) in [7, 11) is 0. The number of unbranched alkanes of at least 4 members (excludes halogenated alkanes) is 1. The highest BCUT2D eigenvalue weighted by molar-refractivity contribution is 6.04. The van der Waals surface area contributed by atoms with E-state index >= 15 is 0 Å². The second kappa shape index (κ2) is 12.0. The summed E-state index contributed by atoms with van der Waals surface area (Å²) in [6.45, 7) is 1.94. The van der Waals surface area contributed by atoms with Gasteiger partial charge in [0.05, 0.1) is 6.61 Å². The minimum absolute atomic E-state index is 0.294. The van der Waals surface area contributed by atoms with Crippen LogP contribution in [0.25, 0.3) is 11.1 Å². The van der Waals surface area contributed by atoms with Crippen molar-refractivity contribution in [3.05, 3.63) is 72.4 Å². The number of nitrogens with zero attached hydrogens (tertiary/aromatic N) is 1. The van der Waals surface area contributed by atoms with Gasteiger partial charge < -0.3 is 19.9 Å². The van der Waals surface area contributed by atoms with Crippen molar-refractivity contribution < 1.29 is 29.0 Å². The number of carboxylic acids is 1. The highest BCUT2D eigenvalue weighted by Gasteiger charge is 2.09. The Hall–Kier alpha value is -4.40. The van der Waals surface area contributed by atoms with Crippen molar-refractivity contribution in [3.8, 4) is 16.9 Å². The number of rotatable bonds is 10. The second-order valence-electron chi connectivity index (χ2n) is 7.28. The molecular weight excluding hydrogens is 438 g/mol. The van der Waals surface area contributed by atoms with Crippen LogP contribution in [0.4, 0.5) is 16.3 Å². The average molecular weight is 463 g/mol. The molecule has 34 heavy (non-hydrogen) atoms.